The van der Waals surface area contributed by atoms with Gasteiger partial charge in [0.15, 0.2) is 0 Å². The number of hydrogen-bond donors (Lipinski definition) is 2. The molecule has 1 saturated heterocycles. The van der Waals surface area contributed by atoms with Crippen LogP contribution in [-0.4, -0.2) is 46.9 Å². The number of amides is 2. The second-order valence-electron chi connectivity index (χ2n) is 4.83. The van der Waals surface area contributed by atoms with E-state index in [1.807, 2.05) is 13.8 Å². The van der Waals surface area contributed by atoms with Gasteiger partial charge in [-0.05, 0) is 20.3 Å². The molecule has 1 atom stereocenters. The predicted molar refractivity (Wildman–Crippen MR) is 64.8 cm³/mol. The number of nitrogens with zero attached hydrogens (tertiary/aromatic N) is 1. The number of aliphatic carboxylic acids is 1. The van der Waals surface area contributed by atoms with Crippen LogP contribution in [0, 0.1) is 5.92 Å². The second kappa shape index (κ2) is 6.37. The smallest absolute Gasteiger partial charge is 0.303 e. The maximum Gasteiger partial charge on any atom is 0.303 e. The fourth-order valence-corrected chi connectivity index (χ4v) is 2.04. The number of carbonyl (C=O) groups is 3. The lowest BCUT2D eigenvalue weighted by atomic mass is 10.1. The number of nitrogens with one attached hydrogen (secondary N) is 1. The fourth-order valence-electron chi connectivity index (χ4n) is 2.04. The molecule has 2 amide bonds. The molecule has 1 rings (SSSR count). The summed E-state index contributed by atoms with van der Waals surface area (Å²) < 4.78 is 0. The topological polar surface area (TPSA) is 86.7 Å². The molecule has 0 aromatic carbocycles. The van der Waals surface area contributed by atoms with E-state index in [4.69, 9.17) is 5.11 Å². The summed E-state index contributed by atoms with van der Waals surface area (Å²) in [7, 11) is 0. The lowest BCUT2D eigenvalue weighted by Gasteiger charge is -2.28. The van der Waals surface area contributed by atoms with Gasteiger partial charge < -0.3 is 15.3 Å². The Bertz CT molecular complexity index is 341. The Balaban J connectivity index is 2.52. The van der Waals surface area contributed by atoms with Crippen LogP contribution in [-0.2, 0) is 14.4 Å². The van der Waals surface area contributed by atoms with Crippen molar-refractivity contribution in [3.63, 3.8) is 0 Å². The molecule has 6 nitrogen and oxygen atoms in total. The Morgan fingerprint density at radius 1 is 1.50 bits per heavy atom. The molecular formula is C12H20N2O4. The molecular weight excluding hydrogens is 236 g/mol. The quantitative estimate of drug-likeness (QED) is 0.712. The van der Waals surface area contributed by atoms with E-state index in [1.54, 1.807) is 4.90 Å². The number of hydrogen-bond acceptors (Lipinski definition) is 3. The van der Waals surface area contributed by atoms with E-state index in [1.165, 1.54) is 0 Å². The van der Waals surface area contributed by atoms with Gasteiger partial charge in [0.2, 0.25) is 11.8 Å². The molecule has 0 saturated carbocycles. The van der Waals surface area contributed by atoms with Crippen LogP contribution in [0.3, 0.4) is 0 Å². The lowest BCUT2D eigenvalue weighted by molar-refractivity contribution is -0.140. The Morgan fingerprint density at radius 2 is 2.17 bits per heavy atom. The first-order chi connectivity index (χ1) is 8.41. The van der Waals surface area contributed by atoms with Crippen LogP contribution in [0.1, 0.15) is 33.1 Å². The van der Waals surface area contributed by atoms with Crippen LogP contribution < -0.4 is 5.32 Å². The van der Waals surface area contributed by atoms with Gasteiger partial charge in [-0.3, -0.25) is 14.4 Å². The number of carbonyl (C=O) groups excluding carboxylic acids is 2. The van der Waals surface area contributed by atoms with Crippen molar-refractivity contribution in [1.82, 2.24) is 10.2 Å². The summed E-state index contributed by atoms with van der Waals surface area (Å²) in [6.45, 7) is 4.60. The lowest BCUT2D eigenvalue weighted by Crippen LogP contribution is -2.42. The van der Waals surface area contributed by atoms with Crippen molar-refractivity contribution in [3.8, 4) is 0 Å². The molecule has 0 aromatic heterocycles. The summed E-state index contributed by atoms with van der Waals surface area (Å²) in [5.74, 6) is -1.31. The highest BCUT2D eigenvalue weighted by Crippen LogP contribution is 2.15. The Labute approximate surface area is 106 Å². The van der Waals surface area contributed by atoms with Crippen LogP contribution in [0.2, 0.25) is 0 Å². The minimum Gasteiger partial charge on any atom is -0.481 e. The monoisotopic (exact) mass is 256 g/mol. The Kier molecular flexibility index (Phi) is 5.12. The molecule has 1 unspecified atom stereocenters. The van der Waals surface area contributed by atoms with Crippen LogP contribution in [0.4, 0.5) is 0 Å². The standard InChI is InChI=1S/C12H20N2O4/c1-8(2)14(5-3-4-11(16)17)12(18)9-6-10(15)13-7-9/h8-9H,3-7H2,1-2H3,(H,13,15)(H,16,17). The van der Waals surface area contributed by atoms with E-state index in [9.17, 15) is 14.4 Å². The first kappa shape index (κ1) is 14.5. The number of carboxylic acids is 1. The first-order valence-corrected chi connectivity index (χ1v) is 6.20. The third kappa shape index (κ3) is 4.01. The van der Waals surface area contributed by atoms with Gasteiger partial charge in [-0.25, -0.2) is 0 Å². The SMILES string of the molecule is CC(C)N(CCCC(=O)O)C(=O)C1CNC(=O)C1. The third-order valence-electron chi connectivity index (χ3n) is 3.02. The van der Waals surface area contributed by atoms with Gasteiger partial charge in [0.1, 0.15) is 0 Å². The van der Waals surface area contributed by atoms with E-state index in [2.05, 4.69) is 5.32 Å². The van der Waals surface area contributed by atoms with E-state index < -0.39 is 5.97 Å². The highest BCUT2D eigenvalue weighted by molar-refractivity contribution is 5.89. The molecule has 2 N–H and O–H groups in total. The maximum absolute atomic E-state index is 12.2. The van der Waals surface area contributed by atoms with Crippen LogP contribution in [0.25, 0.3) is 0 Å². The van der Waals surface area contributed by atoms with E-state index in [-0.39, 0.29) is 36.6 Å². The average molecular weight is 256 g/mol. The molecule has 0 aliphatic carbocycles. The molecule has 6 heteroatoms. The van der Waals surface area contributed by atoms with E-state index >= 15 is 0 Å². The van der Waals surface area contributed by atoms with Crippen LogP contribution >= 0.6 is 0 Å². The minimum atomic E-state index is -0.858. The Morgan fingerprint density at radius 3 is 2.61 bits per heavy atom. The van der Waals surface area contributed by atoms with Gasteiger partial charge in [-0.2, -0.15) is 0 Å². The summed E-state index contributed by atoms with van der Waals surface area (Å²) in [5, 5.41) is 11.2. The van der Waals surface area contributed by atoms with Crippen molar-refractivity contribution >= 4 is 17.8 Å². The van der Waals surface area contributed by atoms with Crippen molar-refractivity contribution in [2.24, 2.45) is 5.92 Å². The average Bonchev–Trinajstić information content (AvgIpc) is 2.69. The third-order valence-corrected chi connectivity index (χ3v) is 3.02. The fraction of sp³-hybridized carbons (Fsp3) is 0.750. The maximum atomic E-state index is 12.2. The highest BCUT2D eigenvalue weighted by Gasteiger charge is 2.32. The van der Waals surface area contributed by atoms with E-state index in [0.717, 1.165) is 0 Å². The molecule has 1 aliphatic rings. The van der Waals surface area contributed by atoms with Crippen molar-refractivity contribution in [2.45, 2.75) is 39.2 Å². The number of carboxylic acid groups (broad SMARTS) is 1. The summed E-state index contributed by atoms with van der Waals surface area (Å²) in [6.07, 6.45) is 0.729. The minimum absolute atomic E-state index is 0.0157. The molecule has 0 aromatic rings. The largest absolute Gasteiger partial charge is 0.481 e. The van der Waals surface area contributed by atoms with Crippen molar-refractivity contribution in [3.05, 3.63) is 0 Å². The summed E-state index contributed by atoms with van der Waals surface area (Å²) >= 11 is 0. The predicted octanol–water partition coefficient (Wildman–Crippen LogP) is 0.224. The molecule has 1 fully saturated rings. The van der Waals surface area contributed by atoms with E-state index in [0.29, 0.717) is 19.5 Å². The number of rotatable bonds is 6. The van der Waals surface area contributed by atoms with Gasteiger partial charge in [-0.1, -0.05) is 0 Å². The normalized spacial score (nSPS) is 18.8. The molecule has 0 spiro atoms. The molecule has 1 aliphatic heterocycles. The molecule has 102 valence electrons. The van der Waals surface area contributed by atoms with Gasteiger partial charge in [-0.15, -0.1) is 0 Å². The van der Waals surface area contributed by atoms with Gasteiger partial charge in [0, 0.05) is 32.0 Å². The van der Waals surface area contributed by atoms with Crippen molar-refractivity contribution in [2.75, 3.05) is 13.1 Å². The van der Waals surface area contributed by atoms with Gasteiger partial charge in [0.25, 0.3) is 0 Å². The van der Waals surface area contributed by atoms with Gasteiger partial charge in [0.05, 0.1) is 5.92 Å². The molecule has 0 radical (unpaired) electrons. The molecule has 0 bridgehead atoms. The first-order valence-electron chi connectivity index (χ1n) is 6.20. The van der Waals surface area contributed by atoms with Crippen LogP contribution in [0.5, 0.6) is 0 Å². The molecule has 18 heavy (non-hydrogen) atoms. The second-order valence-corrected chi connectivity index (χ2v) is 4.83. The van der Waals surface area contributed by atoms with Gasteiger partial charge >= 0.3 is 5.97 Å². The summed E-state index contributed by atoms with van der Waals surface area (Å²) in [5.41, 5.74) is 0. The molecule has 1 heterocycles. The zero-order valence-electron chi connectivity index (χ0n) is 10.8. The summed E-state index contributed by atoms with van der Waals surface area (Å²) in [6, 6.07) is 0.0157. The Hall–Kier alpha value is -1.59. The van der Waals surface area contributed by atoms with Crippen LogP contribution in [0.15, 0.2) is 0 Å². The summed E-state index contributed by atoms with van der Waals surface area (Å²) in [4.78, 5) is 35.4. The zero-order chi connectivity index (χ0) is 13.7. The zero-order valence-corrected chi connectivity index (χ0v) is 10.8. The highest BCUT2D eigenvalue weighted by atomic mass is 16.4. The van der Waals surface area contributed by atoms with Crippen molar-refractivity contribution < 1.29 is 19.5 Å². The van der Waals surface area contributed by atoms with Crippen molar-refractivity contribution in [1.29, 1.82) is 0 Å².